The van der Waals surface area contributed by atoms with E-state index >= 15 is 0 Å². The molecule has 0 saturated carbocycles. The quantitative estimate of drug-likeness (QED) is 0.740. The number of carbonyl (C=O) groups is 2. The van der Waals surface area contributed by atoms with Crippen molar-refractivity contribution in [3.63, 3.8) is 0 Å². The van der Waals surface area contributed by atoms with Crippen molar-refractivity contribution in [3.8, 4) is 0 Å². The lowest BCUT2D eigenvalue weighted by Crippen LogP contribution is -2.14. The van der Waals surface area contributed by atoms with Gasteiger partial charge < -0.3 is 9.84 Å². The summed E-state index contributed by atoms with van der Waals surface area (Å²) in [5, 5.41) is 7.91. The van der Waals surface area contributed by atoms with Gasteiger partial charge in [0.05, 0.1) is 12.5 Å². The van der Waals surface area contributed by atoms with E-state index in [0.717, 1.165) is 6.42 Å². The zero-order valence-corrected chi connectivity index (χ0v) is 10.9. The Morgan fingerprint density at radius 1 is 1.19 bits per heavy atom. The van der Waals surface area contributed by atoms with E-state index in [1.54, 1.807) is 0 Å². The number of carboxylic acid groups (broad SMARTS) is 1. The molecule has 0 heterocycles. The van der Waals surface area contributed by atoms with E-state index in [1.165, 1.54) is 0 Å². The summed E-state index contributed by atoms with van der Waals surface area (Å²) in [4.78, 5) is 20.4. The molecule has 0 fully saturated rings. The van der Waals surface area contributed by atoms with E-state index in [1.807, 2.05) is 34.6 Å². The Hall–Kier alpha value is -1.06. The van der Waals surface area contributed by atoms with Crippen LogP contribution in [0.15, 0.2) is 0 Å². The van der Waals surface area contributed by atoms with Crippen molar-refractivity contribution in [2.75, 3.05) is 6.61 Å². The lowest BCUT2D eigenvalue weighted by Gasteiger charge is -2.08. The Kier molecular flexibility index (Phi) is 11.3. The van der Waals surface area contributed by atoms with Crippen LogP contribution < -0.4 is 0 Å². The molecule has 0 spiro atoms. The molecule has 0 amide bonds. The predicted octanol–water partition coefficient (Wildman–Crippen LogP) is 2.71. The van der Waals surface area contributed by atoms with Gasteiger partial charge in [-0.05, 0) is 12.3 Å². The van der Waals surface area contributed by atoms with Gasteiger partial charge in [-0.15, -0.1) is 0 Å². The molecule has 0 rings (SSSR count). The number of carboxylic acids is 1. The molecule has 0 aliphatic heterocycles. The molecule has 96 valence electrons. The van der Waals surface area contributed by atoms with Crippen LogP contribution in [-0.2, 0) is 14.3 Å². The highest BCUT2D eigenvalue weighted by Gasteiger charge is 2.07. The van der Waals surface area contributed by atoms with Crippen molar-refractivity contribution in [3.05, 3.63) is 0 Å². The zero-order valence-electron chi connectivity index (χ0n) is 10.9. The first-order chi connectivity index (χ1) is 7.31. The Morgan fingerprint density at radius 3 is 1.88 bits per heavy atom. The SMILES string of the molecule is CC(C)COC(=O)C(C)C.CCCC(=O)O. The van der Waals surface area contributed by atoms with E-state index in [2.05, 4.69) is 0 Å². The van der Waals surface area contributed by atoms with Crippen molar-refractivity contribution >= 4 is 11.9 Å². The molecule has 16 heavy (non-hydrogen) atoms. The smallest absolute Gasteiger partial charge is 0.308 e. The van der Waals surface area contributed by atoms with Gasteiger partial charge in [0.1, 0.15) is 0 Å². The van der Waals surface area contributed by atoms with E-state index in [-0.39, 0.29) is 11.9 Å². The minimum Gasteiger partial charge on any atom is -0.481 e. The third-order valence-electron chi connectivity index (χ3n) is 1.49. The van der Waals surface area contributed by atoms with Crippen LogP contribution in [0, 0.1) is 11.8 Å². The van der Waals surface area contributed by atoms with Gasteiger partial charge in [0.25, 0.3) is 0 Å². The van der Waals surface area contributed by atoms with Gasteiger partial charge in [-0.3, -0.25) is 9.59 Å². The van der Waals surface area contributed by atoms with E-state index in [0.29, 0.717) is 18.9 Å². The molecule has 0 aromatic heterocycles. The van der Waals surface area contributed by atoms with Crippen LogP contribution in [0.5, 0.6) is 0 Å². The summed E-state index contributed by atoms with van der Waals surface area (Å²) in [6.07, 6.45) is 1.02. The maximum atomic E-state index is 10.8. The average Bonchev–Trinajstić information content (AvgIpc) is 2.14. The lowest BCUT2D eigenvalue weighted by atomic mass is 10.2. The van der Waals surface area contributed by atoms with E-state index < -0.39 is 5.97 Å². The van der Waals surface area contributed by atoms with Crippen LogP contribution in [0.4, 0.5) is 0 Å². The fourth-order valence-corrected chi connectivity index (χ4v) is 0.629. The number of aliphatic carboxylic acids is 1. The molecule has 1 N–H and O–H groups in total. The number of hydrogen-bond donors (Lipinski definition) is 1. The summed E-state index contributed by atoms with van der Waals surface area (Å²) >= 11 is 0. The standard InChI is InChI=1S/C8H16O2.C4H8O2/c1-6(2)5-10-8(9)7(3)4;1-2-3-4(5)6/h6-7H,5H2,1-4H3;2-3H2,1H3,(H,5,6). The monoisotopic (exact) mass is 232 g/mol. The zero-order chi connectivity index (χ0) is 13.1. The molecular weight excluding hydrogens is 208 g/mol. The molecular formula is C12H24O4. The van der Waals surface area contributed by atoms with Crippen molar-refractivity contribution < 1.29 is 19.4 Å². The summed E-state index contributed by atoms with van der Waals surface area (Å²) in [7, 11) is 0. The summed E-state index contributed by atoms with van der Waals surface area (Å²) in [5.74, 6) is -0.382. The van der Waals surface area contributed by atoms with Crippen LogP contribution in [-0.4, -0.2) is 23.7 Å². The number of ether oxygens (including phenoxy) is 1. The first kappa shape index (κ1) is 17.3. The number of esters is 1. The fourth-order valence-electron chi connectivity index (χ4n) is 0.629. The van der Waals surface area contributed by atoms with Crippen LogP contribution in [0.1, 0.15) is 47.5 Å². The Balaban J connectivity index is 0. The first-order valence-corrected chi connectivity index (χ1v) is 5.69. The molecule has 0 radical (unpaired) electrons. The topological polar surface area (TPSA) is 63.6 Å². The maximum Gasteiger partial charge on any atom is 0.308 e. The molecule has 0 aromatic carbocycles. The molecule has 4 nitrogen and oxygen atoms in total. The van der Waals surface area contributed by atoms with Crippen molar-refractivity contribution in [1.82, 2.24) is 0 Å². The molecule has 0 saturated heterocycles. The lowest BCUT2D eigenvalue weighted by molar-refractivity contribution is -0.148. The number of carbonyl (C=O) groups excluding carboxylic acids is 1. The largest absolute Gasteiger partial charge is 0.481 e. The molecule has 0 bridgehead atoms. The molecule has 0 unspecified atom stereocenters. The highest BCUT2D eigenvalue weighted by Crippen LogP contribution is 1.99. The molecule has 0 aromatic rings. The highest BCUT2D eigenvalue weighted by atomic mass is 16.5. The van der Waals surface area contributed by atoms with Gasteiger partial charge >= 0.3 is 11.9 Å². The van der Waals surface area contributed by atoms with Gasteiger partial charge in [0, 0.05) is 6.42 Å². The Labute approximate surface area is 98.0 Å². The Bertz CT molecular complexity index is 197. The second kappa shape index (κ2) is 10.5. The third-order valence-corrected chi connectivity index (χ3v) is 1.49. The van der Waals surface area contributed by atoms with Gasteiger partial charge in [-0.2, -0.15) is 0 Å². The number of hydrogen-bond acceptors (Lipinski definition) is 3. The third kappa shape index (κ3) is 15.4. The maximum absolute atomic E-state index is 10.8. The minimum absolute atomic E-state index is 0.00116. The van der Waals surface area contributed by atoms with Gasteiger partial charge in [-0.1, -0.05) is 34.6 Å². The summed E-state index contributed by atoms with van der Waals surface area (Å²) in [5.41, 5.74) is 0. The Morgan fingerprint density at radius 2 is 1.69 bits per heavy atom. The van der Waals surface area contributed by atoms with Crippen LogP contribution >= 0.6 is 0 Å². The van der Waals surface area contributed by atoms with Crippen molar-refractivity contribution in [1.29, 1.82) is 0 Å². The summed E-state index contributed by atoms with van der Waals surface area (Å²) < 4.78 is 4.93. The van der Waals surface area contributed by atoms with Gasteiger partial charge in [0.2, 0.25) is 0 Å². The van der Waals surface area contributed by atoms with Gasteiger partial charge in [0.15, 0.2) is 0 Å². The second-order valence-corrected chi connectivity index (χ2v) is 4.32. The van der Waals surface area contributed by atoms with E-state index in [4.69, 9.17) is 9.84 Å². The van der Waals surface area contributed by atoms with Crippen LogP contribution in [0.25, 0.3) is 0 Å². The average molecular weight is 232 g/mol. The first-order valence-electron chi connectivity index (χ1n) is 5.69. The minimum atomic E-state index is -0.711. The van der Waals surface area contributed by atoms with Gasteiger partial charge in [-0.25, -0.2) is 0 Å². The predicted molar refractivity (Wildman–Crippen MR) is 63.2 cm³/mol. The van der Waals surface area contributed by atoms with Crippen LogP contribution in [0.2, 0.25) is 0 Å². The summed E-state index contributed by atoms with van der Waals surface area (Å²) in [6.45, 7) is 10.1. The normalized spacial score (nSPS) is 9.69. The van der Waals surface area contributed by atoms with Crippen molar-refractivity contribution in [2.24, 2.45) is 11.8 Å². The highest BCUT2D eigenvalue weighted by molar-refractivity contribution is 5.71. The molecule has 4 heteroatoms. The molecule has 0 aliphatic carbocycles. The summed E-state index contributed by atoms with van der Waals surface area (Å²) in [6, 6.07) is 0. The van der Waals surface area contributed by atoms with E-state index in [9.17, 15) is 9.59 Å². The molecule has 0 aliphatic rings. The van der Waals surface area contributed by atoms with Crippen molar-refractivity contribution in [2.45, 2.75) is 47.5 Å². The fraction of sp³-hybridized carbons (Fsp3) is 0.833. The van der Waals surface area contributed by atoms with Crippen LogP contribution in [0.3, 0.4) is 0 Å². The molecule has 0 atom stereocenters. The number of rotatable bonds is 5. The second-order valence-electron chi connectivity index (χ2n) is 4.32.